The molecule has 0 saturated heterocycles. The number of carbonyl (C=O) groups is 1. The van der Waals surface area contributed by atoms with Crippen molar-refractivity contribution >= 4 is 17.7 Å². The molecule has 1 amide bonds. The van der Waals surface area contributed by atoms with E-state index < -0.39 is 0 Å². The molecule has 0 spiro atoms. The molecule has 1 fully saturated rings. The molecule has 0 bridgehead atoms. The fourth-order valence-corrected chi connectivity index (χ4v) is 3.36. The number of aryl methyl sites for hydroxylation is 1. The van der Waals surface area contributed by atoms with Crippen LogP contribution in [0.4, 0.5) is 0 Å². The van der Waals surface area contributed by atoms with Crippen LogP contribution in [0.3, 0.4) is 0 Å². The van der Waals surface area contributed by atoms with E-state index in [0.717, 1.165) is 12.0 Å². The third kappa shape index (κ3) is 2.80. The number of hydrogen-bond donors (Lipinski definition) is 2. The largest absolute Gasteiger partial charge is 0.508 e. The van der Waals surface area contributed by atoms with Gasteiger partial charge in [0, 0.05) is 16.9 Å². The monoisotopic (exact) mass is 265 g/mol. The minimum absolute atomic E-state index is 0.0379. The second-order valence-corrected chi connectivity index (χ2v) is 5.86. The zero-order valence-corrected chi connectivity index (χ0v) is 11.6. The number of phenols is 1. The van der Waals surface area contributed by atoms with Gasteiger partial charge in [0.05, 0.1) is 0 Å². The first-order chi connectivity index (χ1) is 8.61. The van der Waals surface area contributed by atoms with Crippen LogP contribution < -0.4 is 5.32 Å². The average molecular weight is 265 g/mol. The predicted octanol–water partition coefficient (Wildman–Crippen LogP) is 2.71. The molecule has 1 aliphatic rings. The van der Waals surface area contributed by atoms with Crippen LogP contribution in [-0.4, -0.2) is 28.6 Å². The van der Waals surface area contributed by atoms with Crippen LogP contribution in [0, 0.1) is 6.92 Å². The molecule has 1 aliphatic carbocycles. The summed E-state index contributed by atoms with van der Waals surface area (Å²) >= 11 is 1.83. The van der Waals surface area contributed by atoms with Gasteiger partial charge >= 0.3 is 0 Å². The first kappa shape index (κ1) is 13.3. The second kappa shape index (κ2) is 5.65. The fourth-order valence-electron chi connectivity index (χ4n) is 2.42. The van der Waals surface area contributed by atoms with Crippen molar-refractivity contribution in [3.63, 3.8) is 0 Å². The Morgan fingerprint density at radius 3 is 2.89 bits per heavy atom. The molecule has 98 valence electrons. The Morgan fingerprint density at radius 2 is 2.22 bits per heavy atom. The van der Waals surface area contributed by atoms with E-state index >= 15 is 0 Å². The van der Waals surface area contributed by atoms with Gasteiger partial charge < -0.3 is 10.4 Å². The summed E-state index contributed by atoms with van der Waals surface area (Å²) in [6.45, 7) is 1.80. The summed E-state index contributed by atoms with van der Waals surface area (Å²) < 4.78 is 0. The minimum atomic E-state index is -0.0379. The van der Waals surface area contributed by atoms with Gasteiger partial charge in [-0.05, 0) is 49.8 Å². The summed E-state index contributed by atoms with van der Waals surface area (Å²) in [4.78, 5) is 12.1. The van der Waals surface area contributed by atoms with Crippen LogP contribution in [0.25, 0.3) is 0 Å². The maximum absolute atomic E-state index is 12.1. The molecule has 1 aromatic rings. The number of benzene rings is 1. The van der Waals surface area contributed by atoms with Crippen molar-refractivity contribution in [3.8, 4) is 5.75 Å². The minimum Gasteiger partial charge on any atom is -0.508 e. The van der Waals surface area contributed by atoms with Gasteiger partial charge in [-0.25, -0.2) is 0 Å². The van der Waals surface area contributed by atoms with Crippen LogP contribution in [0.15, 0.2) is 18.2 Å². The lowest BCUT2D eigenvalue weighted by molar-refractivity contribution is 0.0938. The molecule has 4 heteroatoms. The molecule has 0 heterocycles. The summed E-state index contributed by atoms with van der Waals surface area (Å²) in [6, 6.07) is 5.25. The molecule has 0 aliphatic heterocycles. The summed E-state index contributed by atoms with van der Waals surface area (Å²) in [7, 11) is 0. The van der Waals surface area contributed by atoms with Crippen molar-refractivity contribution in [2.24, 2.45) is 0 Å². The highest BCUT2D eigenvalue weighted by Crippen LogP contribution is 2.28. The molecule has 3 nitrogen and oxygen atoms in total. The maximum atomic E-state index is 12.1. The third-order valence-electron chi connectivity index (χ3n) is 3.53. The van der Waals surface area contributed by atoms with E-state index in [0.29, 0.717) is 10.8 Å². The van der Waals surface area contributed by atoms with E-state index in [-0.39, 0.29) is 17.7 Å². The highest BCUT2D eigenvalue weighted by Gasteiger charge is 2.27. The van der Waals surface area contributed by atoms with E-state index in [1.807, 2.05) is 11.8 Å². The average Bonchev–Trinajstić information content (AvgIpc) is 2.79. The van der Waals surface area contributed by atoms with Gasteiger partial charge in [-0.15, -0.1) is 0 Å². The Kier molecular flexibility index (Phi) is 4.17. The quantitative estimate of drug-likeness (QED) is 0.883. The molecule has 2 N–H and O–H groups in total. The van der Waals surface area contributed by atoms with Crippen molar-refractivity contribution in [1.29, 1.82) is 0 Å². The maximum Gasteiger partial charge on any atom is 0.251 e. The Morgan fingerprint density at radius 1 is 1.44 bits per heavy atom. The molecule has 0 radical (unpaired) electrons. The zero-order chi connectivity index (χ0) is 13.1. The lowest BCUT2D eigenvalue weighted by Gasteiger charge is -2.19. The number of amides is 1. The molecule has 1 saturated carbocycles. The number of rotatable bonds is 3. The molecule has 0 aromatic heterocycles. The van der Waals surface area contributed by atoms with Gasteiger partial charge in [-0.3, -0.25) is 4.79 Å². The number of phenolic OH excluding ortho intramolecular Hbond substituents is 1. The lowest BCUT2D eigenvalue weighted by Crippen LogP contribution is -2.38. The standard InChI is InChI=1S/C14H19NO2S/c1-9-8-10(6-7-12(9)16)14(17)15-11-4-3-5-13(11)18-2/h6-8,11,13,16H,3-5H2,1-2H3,(H,15,17). The summed E-state index contributed by atoms with van der Waals surface area (Å²) in [6.07, 6.45) is 5.53. The Bertz CT molecular complexity index is 447. The van der Waals surface area contributed by atoms with Gasteiger partial charge in [-0.2, -0.15) is 11.8 Å². The van der Waals surface area contributed by atoms with E-state index in [9.17, 15) is 9.90 Å². The van der Waals surface area contributed by atoms with Crippen LogP contribution in [-0.2, 0) is 0 Å². The first-order valence-electron chi connectivity index (χ1n) is 6.25. The third-order valence-corrected chi connectivity index (χ3v) is 4.70. The highest BCUT2D eigenvalue weighted by atomic mass is 32.2. The Labute approximate surface area is 112 Å². The highest BCUT2D eigenvalue weighted by molar-refractivity contribution is 7.99. The molecule has 1 aromatic carbocycles. The number of nitrogens with one attached hydrogen (secondary N) is 1. The van der Waals surface area contributed by atoms with E-state index in [1.54, 1.807) is 25.1 Å². The second-order valence-electron chi connectivity index (χ2n) is 4.79. The smallest absolute Gasteiger partial charge is 0.251 e. The van der Waals surface area contributed by atoms with E-state index in [4.69, 9.17) is 0 Å². The lowest BCUT2D eigenvalue weighted by atomic mass is 10.1. The predicted molar refractivity (Wildman–Crippen MR) is 75.3 cm³/mol. The topological polar surface area (TPSA) is 49.3 Å². The van der Waals surface area contributed by atoms with Crippen LogP contribution in [0.1, 0.15) is 35.2 Å². The molecular weight excluding hydrogens is 246 g/mol. The van der Waals surface area contributed by atoms with Crippen LogP contribution in [0.2, 0.25) is 0 Å². The number of aromatic hydroxyl groups is 1. The first-order valence-corrected chi connectivity index (χ1v) is 7.54. The van der Waals surface area contributed by atoms with Crippen LogP contribution >= 0.6 is 11.8 Å². The summed E-state index contributed by atoms with van der Waals surface area (Å²) in [5, 5.41) is 13.1. The van der Waals surface area contributed by atoms with Crippen molar-refractivity contribution in [3.05, 3.63) is 29.3 Å². The number of carbonyl (C=O) groups excluding carboxylic acids is 1. The molecule has 2 rings (SSSR count). The molecule has 18 heavy (non-hydrogen) atoms. The van der Waals surface area contributed by atoms with Crippen LogP contribution in [0.5, 0.6) is 5.75 Å². The van der Waals surface area contributed by atoms with Gasteiger partial charge in [-0.1, -0.05) is 6.42 Å². The van der Waals surface area contributed by atoms with Gasteiger partial charge in [0.1, 0.15) is 5.75 Å². The van der Waals surface area contributed by atoms with E-state index in [2.05, 4.69) is 11.6 Å². The SMILES string of the molecule is CSC1CCCC1NC(=O)c1ccc(O)c(C)c1. The number of thioether (sulfide) groups is 1. The van der Waals surface area contributed by atoms with Gasteiger partial charge in [0.25, 0.3) is 5.91 Å². The molecular formula is C14H19NO2S. The Balaban J connectivity index is 2.05. The van der Waals surface area contributed by atoms with Crippen molar-refractivity contribution in [2.45, 2.75) is 37.5 Å². The summed E-state index contributed by atoms with van der Waals surface area (Å²) in [5.74, 6) is 0.193. The van der Waals surface area contributed by atoms with Crippen molar-refractivity contribution in [1.82, 2.24) is 5.32 Å². The molecule has 2 unspecified atom stereocenters. The van der Waals surface area contributed by atoms with Crippen molar-refractivity contribution < 1.29 is 9.90 Å². The van der Waals surface area contributed by atoms with Crippen molar-refractivity contribution in [2.75, 3.05) is 6.26 Å². The fraction of sp³-hybridized carbons (Fsp3) is 0.500. The van der Waals surface area contributed by atoms with Gasteiger partial charge in [0.15, 0.2) is 0 Å². The van der Waals surface area contributed by atoms with E-state index in [1.165, 1.54) is 12.8 Å². The Hall–Kier alpha value is -1.16. The number of hydrogen-bond acceptors (Lipinski definition) is 3. The summed E-state index contributed by atoms with van der Waals surface area (Å²) in [5.41, 5.74) is 1.35. The normalized spacial score (nSPS) is 23.0. The van der Waals surface area contributed by atoms with Gasteiger partial charge in [0.2, 0.25) is 0 Å². The molecule has 2 atom stereocenters. The zero-order valence-electron chi connectivity index (χ0n) is 10.8.